The molecule has 1 amide bonds. The number of aliphatic imine (C=N–C) groups is 1. The highest BCUT2D eigenvalue weighted by Gasteiger charge is 2.13. The number of carbonyl (C=O) groups excluding carboxylic acids is 1. The Morgan fingerprint density at radius 2 is 1.94 bits per heavy atom. The molecule has 176 valence electrons. The Hall–Kier alpha value is -4.30. The topological polar surface area (TPSA) is 97.7 Å². The van der Waals surface area contributed by atoms with Crippen LogP contribution in [0.4, 0.5) is 11.5 Å². The molecular weight excluding hydrogens is 442 g/mol. The lowest BCUT2D eigenvalue weighted by Gasteiger charge is -2.13. The molecule has 8 heteroatoms. The molecule has 0 spiro atoms. The van der Waals surface area contributed by atoms with Gasteiger partial charge in [0.2, 0.25) is 0 Å². The summed E-state index contributed by atoms with van der Waals surface area (Å²) in [4.78, 5) is 25.9. The van der Waals surface area contributed by atoms with E-state index in [1.54, 1.807) is 13.2 Å². The lowest BCUT2D eigenvalue weighted by Crippen LogP contribution is -2.31. The molecule has 0 saturated carbocycles. The molecule has 3 aromatic carbocycles. The largest absolute Gasteiger partial charge is 0.484 e. The van der Waals surface area contributed by atoms with Crippen LogP contribution in [0.3, 0.4) is 0 Å². The number of carbonyl (C=O) groups is 1. The fourth-order valence-corrected chi connectivity index (χ4v) is 3.83. The van der Waals surface area contributed by atoms with Crippen molar-refractivity contribution in [2.24, 2.45) is 4.99 Å². The Morgan fingerprint density at radius 1 is 1.03 bits per heavy atom. The van der Waals surface area contributed by atoms with E-state index in [4.69, 9.17) is 19.4 Å². The summed E-state index contributed by atoms with van der Waals surface area (Å²) in [5.74, 6) is 1.63. The molecular formula is C27H25N5O3. The molecule has 0 saturated heterocycles. The lowest BCUT2D eigenvalue weighted by atomic mass is 10.1. The number of hydrogen-bond donors (Lipinski definition) is 2. The molecule has 0 fully saturated rings. The number of aromatic nitrogens is 2. The van der Waals surface area contributed by atoms with E-state index < -0.39 is 0 Å². The van der Waals surface area contributed by atoms with Gasteiger partial charge in [0.1, 0.15) is 11.6 Å². The number of nitrogens with one attached hydrogen (secondary N) is 2. The molecule has 0 bridgehead atoms. The van der Waals surface area contributed by atoms with Crippen molar-refractivity contribution in [3.05, 3.63) is 77.9 Å². The second-order valence-electron chi connectivity index (χ2n) is 8.08. The highest BCUT2D eigenvalue weighted by Crippen LogP contribution is 2.29. The second-order valence-corrected chi connectivity index (χ2v) is 8.08. The van der Waals surface area contributed by atoms with Crippen LogP contribution in [0.2, 0.25) is 0 Å². The molecule has 0 unspecified atom stereocenters. The Bertz CT molecular complexity index is 1400. The normalized spacial score (nSPS) is 11.9. The first-order chi connectivity index (χ1) is 17.2. The molecule has 2 heterocycles. The molecule has 35 heavy (non-hydrogen) atoms. The van der Waals surface area contributed by atoms with Gasteiger partial charge >= 0.3 is 0 Å². The smallest absolute Gasteiger partial charge is 0.258 e. The van der Waals surface area contributed by atoms with E-state index in [-0.39, 0.29) is 12.5 Å². The van der Waals surface area contributed by atoms with Crippen LogP contribution in [0.25, 0.3) is 22.3 Å². The van der Waals surface area contributed by atoms with E-state index >= 15 is 0 Å². The molecule has 0 aliphatic carbocycles. The van der Waals surface area contributed by atoms with Gasteiger partial charge in [0, 0.05) is 36.5 Å². The number of nitrogens with zero attached hydrogens (tertiary/aromatic N) is 3. The fraction of sp³-hybridized carbons (Fsp3) is 0.185. The highest BCUT2D eigenvalue weighted by atomic mass is 16.5. The van der Waals surface area contributed by atoms with Crippen LogP contribution in [0.15, 0.2) is 71.7 Å². The van der Waals surface area contributed by atoms with Crippen LogP contribution >= 0.6 is 0 Å². The third-order valence-electron chi connectivity index (χ3n) is 5.59. The van der Waals surface area contributed by atoms with Gasteiger partial charge in [-0.2, -0.15) is 0 Å². The van der Waals surface area contributed by atoms with E-state index in [9.17, 15) is 4.79 Å². The monoisotopic (exact) mass is 467 g/mol. The number of benzene rings is 3. The molecule has 1 aliphatic heterocycles. The van der Waals surface area contributed by atoms with Gasteiger partial charge in [-0.25, -0.2) is 9.97 Å². The van der Waals surface area contributed by atoms with Crippen LogP contribution in [0, 0.1) is 0 Å². The summed E-state index contributed by atoms with van der Waals surface area (Å²) < 4.78 is 10.6. The van der Waals surface area contributed by atoms with Gasteiger partial charge in [0.15, 0.2) is 12.4 Å². The summed E-state index contributed by atoms with van der Waals surface area (Å²) in [6.07, 6.45) is 1.90. The van der Waals surface area contributed by atoms with Crippen molar-refractivity contribution in [3.8, 4) is 17.1 Å². The predicted octanol–water partition coefficient (Wildman–Crippen LogP) is 4.11. The summed E-state index contributed by atoms with van der Waals surface area (Å²) >= 11 is 0. The predicted molar refractivity (Wildman–Crippen MR) is 136 cm³/mol. The number of amides is 1. The quantitative estimate of drug-likeness (QED) is 0.360. The number of para-hydroxylation sites is 1. The second kappa shape index (κ2) is 10.3. The molecule has 0 atom stereocenters. The van der Waals surface area contributed by atoms with Crippen LogP contribution in [-0.4, -0.2) is 49.0 Å². The van der Waals surface area contributed by atoms with Gasteiger partial charge in [0.05, 0.1) is 18.7 Å². The van der Waals surface area contributed by atoms with Gasteiger partial charge < -0.3 is 20.1 Å². The summed E-state index contributed by atoms with van der Waals surface area (Å²) in [6, 6.07) is 21.5. The molecule has 1 aliphatic rings. The van der Waals surface area contributed by atoms with Crippen molar-refractivity contribution in [2.45, 2.75) is 6.54 Å². The van der Waals surface area contributed by atoms with Crippen molar-refractivity contribution < 1.29 is 14.3 Å². The van der Waals surface area contributed by atoms with Gasteiger partial charge in [0.25, 0.3) is 5.91 Å². The minimum atomic E-state index is -0.208. The number of fused-ring (bicyclic) bond motifs is 2. The summed E-state index contributed by atoms with van der Waals surface area (Å²) in [7, 11) is 1.59. The SMILES string of the molecule is COCCNC(=O)COc1cccc(-c2nc(Nc3ccc4c(c3)C=NC4)c3ccccc3n2)c1. The van der Waals surface area contributed by atoms with Crippen LogP contribution in [0.5, 0.6) is 5.75 Å². The van der Waals surface area contributed by atoms with E-state index in [1.165, 1.54) is 5.56 Å². The Labute approximate surface area is 203 Å². The third-order valence-corrected chi connectivity index (χ3v) is 5.59. The van der Waals surface area contributed by atoms with E-state index in [1.807, 2.05) is 54.7 Å². The maximum absolute atomic E-state index is 11.9. The zero-order valence-corrected chi connectivity index (χ0v) is 19.3. The fourth-order valence-electron chi connectivity index (χ4n) is 3.83. The molecule has 4 aromatic rings. The van der Waals surface area contributed by atoms with Gasteiger partial charge in [-0.05, 0) is 47.5 Å². The third kappa shape index (κ3) is 5.28. The van der Waals surface area contributed by atoms with E-state index in [0.29, 0.717) is 30.5 Å². The van der Waals surface area contributed by atoms with Crippen molar-refractivity contribution in [3.63, 3.8) is 0 Å². The van der Waals surface area contributed by atoms with Crippen molar-refractivity contribution in [1.82, 2.24) is 15.3 Å². The first-order valence-electron chi connectivity index (χ1n) is 11.3. The van der Waals surface area contributed by atoms with Crippen molar-refractivity contribution in [2.75, 3.05) is 32.2 Å². The summed E-state index contributed by atoms with van der Waals surface area (Å²) in [5.41, 5.74) is 4.88. The van der Waals surface area contributed by atoms with Gasteiger partial charge in [-0.3, -0.25) is 9.79 Å². The summed E-state index contributed by atoms with van der Waals surface area (Å²) in [6.45, 7) is 1.54. The van der Waals surface area contributed by atoms with Crippen molar-refractivity contribution in [1.29, 1.82) is 0 Å². The Kier molecular flexibility index (Phi) is 6.63. The number of anilines is 2. The summed E-state index contributed by atoms with van der Waals surface area (Å²) in [5, 5.41) is 7.12. The first-order valence-corrected chi connectivity index (χ1v) is 11.3. The first kappa shape index (κ1) is 22.5. The standard InChI is InChI=1S/C27H25N5O3/c1-34-12-11-29-25(33)17-35-22-6-4-5-18(14-22)26-31-24-8-3-2-7-23(24)27(32-26)30-21-10-9-19-15-28-16-20(19)13-21/h2-10,13-14,16H,11-12,15,17H2,1H3,(H,29,33)(H,30,31,32). The number of rotatable bonds is 9. The number of methoxy groups -OCH3 is 1. The Balaban J connectivity index is 1.40. The number of ether oxygens (including phenoxy) is 2. The molecule has 5 rings (SSSR count). The van der Waals surface area contributed by atoms with Crippen LogP contribution in [0.1, 0.15) is 11.1 Å². The lowest BCUT2D eigenvalue weighted by molar-refractivity contribution is -0.123. The average molecular weight is 468 g/mol. The zero-order chi connectivity index (χ0) is 24.0. The van der Waals surface area contributed by atoms with E-state index in [0.717, 1.165) is 34.3 Å². The molecule has 0 radical (unpaired) electrons. The maximum Gasteiger partial charge on any atom is 0.258 e. The van der Waals surface area contributed by atoms with Crippen LogP contribution in [-0.2, 0) is 16.1 Å². The zero-order valence-electron chi connectivity index (χ0n) is 19.3. The Morgan fingerprint density at radius 3 is 2.86 bits per heavy atom. The minimum absolute atomic E-state index is 0.0832. The minimum Gasteiger partial charge on any atom is -0.484 e. The molecule has 8 nitrogen and oxygen atoms in total. The molecule has 2 N–H and O–H groups in total. The van der Waals surface area contributed by atoms with Gasteiger partial charge in [-0.15, -0.1) is 0 Å². The average Bonchev–Trinajstić information content (AvgIpc) is 3.36. The highest BCUT2D eigenvalue weighted by molar-refractivity contribution is 5.93. The van der Waals surface area contributed by atoms with Crippen molar-refractivity contribution >= 4 is 34.5 Å². The van der Waals surface area contributed by atoms with Crippen LogP contribution < -0.4 is 15.4 Å². The van der Waals surface area contributed by atoms with Gasteiger partial charge in [-0.1, -0.05) is 30.3 Å². The van der Waals surface area contributed by atoms with E-state index in [2.05, 4.69) is 27.8 Å². The maximum atomic E-state index is 11.9. The number of hydrogen-bond acceptors (Lipinski definition) is 7. The molecule has 1 aromatic heterocycles.